The SMILES string of the molecule is Cc1ccc(C)n1-c1ccc(C(=O)NNC(=S)NCCCc2ccccc2)cc1. The van der Waals surface area contributed by atoms with Crippen LogP contribution in [0.1, 0.15) is 33.7 Å². The maximum absolute atomic E-state index is 12.3. The van der Waals surface area contributed by atoms with E-state index in [9.17, 15) is 4.79 Å². The minimum absolute atomic E-state index is 0.231. The number of amides is 1. The number of hydrogen-bond acceptors (Lipinski definition) is 2. The summed E-state index contributed by atoms with van der Waals surface area (Å²) in [6.45, 7) is 4.86. The molecule has 0 aliphatic rings. The molecule has 5 nitrogen and oxygen atoms in total. The molecule has 0 saturated carbocycles. The van der Waals surface area contributed by atoms with Gasteiger partial charge in [0.15, 0.2) is 5.11 Å². The monoisotopic (exact) mass is 406 g/mol. The topological polar surface area (TPSA) is 58.1 Å². The number of carbonyl (C=O) groups is 1. The van der Waals surface area contributed by atoms with Crippen LogP contribution in [0.2, 0.25) is 0 Å². The summed E-state index contributed by atoms with van der Waals surface area (Å²) in [4.78, 5) is 12.3. The number of thiocarbonyl (C=S) groups is 1. The highest BCUT2D eigenvalue weighted by molar-refractivity contribution is 7.80. The van der Waals surface area contributed by atoms with Gasteiger partial charge in [-0.1, -0.05) is 30.3 Å². The fourth-order valence-corrected chi connectivity index (χ4v) is 3.36. The molecule has 3 rings (SSSR count). The Morgan fingerprint density at radius 3 is 2.21 bits per heavy atom. The zero-order valence-corrected chi connectivity index (χ0v) is 17.6. The smallest absolute Gasteiger partial charge is 0.269 e. The second kappa shape index (κ2) is 9.89. The van der Waals surface area contributed by atoms with Crippen LogP contribution in [0.15, 0.2) is 66.7 Å². The predicted molar refractivity (Wildman–Crippen MR) is 121 cm³/mol. The van der Waals surface area contributed by atoms with E-state index in [1.54, 1.807) is 0 Å². The van der Waals surface area contributed by atoms with Gasteiger partial charge in [0.2, 0.25) is 0 Å². The first-order valence-corrected chi connectivity index (χ1v) is 10.1. The summed E-state index contributed by atoms with van der Waals surface area (Å²) in [5, 5.41) is 3.51. The van der Waals surface area contributed by atoms with Crippen molar-refractivity contribution in [2.24, 2.45) is 0 Å². The minimum Gasteiger partial charge on any atom is -0.361 e. The molecule has 29 heavy (non-hydrogen) atoms. The largest absolute Gasteiger partial charge is 0.361 e. The van der Waals surface area contributed by atoms with E-state index in [0.717, 1.165) is 36.5 Å². The van der Waals surface area contributed by atoms with Crippen molar-refractivity contribution in [1.29, 1.82) is 0 Å². The van der Waals surface area contributed by atoms with E-state index in [0.29, 0.717) is 10.7 Å². The second-order valence-electron chi connectivity index (χ2n) is 6.92. The number of aromatic nitrogens is 1. The zero-order valence-electron chi connectivity index (χ0n) is 16.7. The van der Waals surface area contributed by atoms with Gasteiger partial charge in [0.05, 0.1) is 0 Å². The van der Waals surface area contributed by atoms with Crippen LogP contribution < -0.4 is 16.2 Å². The molecule has 150 valence electrons. The molecule has 1 amide bonds. The first-order chi connectivity index (χ1) is 14.0. The number of hydrazine groups is 1. The molecule has 6 heteroatoms. The highest BCUT2D eigenvalue weighted by Crippen LogP contribution is 2.16. The van der Waals surface area contributed by atoms with Crippen LogP contribution in [0, 0.1) is 13.8 Å². The van der Waals surface area contributed by atoms with Crippen molar-refractivity contribution in [2.75, 3.05) is 6.54 Å². The molecule has 2 aromatic carbocycles. The van der Waals surface area contributed by atoms with Crippen LogP contribution in [-0.4, -0.2) is 22.1 Å². The van der Waals surface area contributed by atoms with E-state index in [-0.39, 0.29) is 5.91 Å². The minimum atomic E-state index is -0.231. The molecule has 0 atom stereocenters. The molecule has 0 aliphatic carbocycles. The van der Waals surface area contributed by atoms with E-state index in [1.807, 2.05) is 42.5 Å². The number of aryl methyl sites for hydroxylation is 3. The molecule has 0 unspecified atom stereocenters. The van der Waals surface area contributed by atoms with Gasteiger partial charge in [0.1, 0.15) is 0 Å². The summed E-state index contributed by atoms with van der Waals surface area (Å²) in [7, 11) is 0. The fourth-order valence-electron chi connectivity index (χ4n) is 3.21. The van der Waals surface area contributed by atoms with Crippen LogP contribution in [0.3, 0.4) is 0 Å². The first-order valence-electron chi connectivity index (χ1n) is 9.68. The number of benzene rings is 2. The Balaban J connectivity index is 1.42. The first kappa shape index (κ1) is 20.6. The Kier molecular flexibility index (Phi) is 7.03. The molecule has 1 aromatic heterocycles. The van der Waals surface area contributed by atoms with Crippen molar-refractivity contribution in [3.05, 3.63) is 89.2 Å². The number of nitrogens with zero attached hydrogens (tertiary/aromatic N) is 1. The molecule has 0 bridgehead atoms. The van der Waals surface area contributed by atoms with Crippen molar-refractivity contribution in [1.82, 2.24) is 20.7 Å². The van der Waals surface area contributed by atoms with Gasteiger partial charge in [-0.25, -0.2) is 0 Å². The van der Waals surface area contributed by atoms with Crippen LogP contribution in [0.5, 0.6) is 0 Å². The number of nitrogens with one attached hydrogen (secondary N) is 3. The molecule has 3 N–H and O–H groups in total. The predicted octanol–water partition coefficient (Wildman–Crippen LogP) is 3.84. The second-order valence-corrected chi connectivity index (χ2v) is 7.33. The van der Waals surface area contributed by atoms with Gasteiger partial charge in [-0.05, 0) is 80.9 Å². The average molecular weight is 407 g/mol. The van der Waals surface area contributed by atoms with Gasteiger partial charge in [-0.2, -0.15) is 0 Å². The van der Waals surface area contributed by atoms with E-state index in [4.69, 9.17) is 12.2 Å². The Labute approximate surface area is 177 Å². The Bertz CT molecular complexity index is 945. The summed E-state index contributed by atoms with van der Waals surface area (Å²) in [5.74, 6) is -0.231. The lowest BCUT2D eigenvalue weighted by Gasteiger charge is -2.13. The Hall–Kier alpha value is -3.12. The third-order valence-electron chi connectivity index (χ3n) is 4.72. The Morgan fingerprint density at radius 1 is 0.897 bits per heavy atom. The molecule has 0 spiro atoms. The molecule has 3 aromatic rings. The lowest BCUT2D eigenvalue weighted by atomic mass is 10.1. The van der Waals surface area contributed by atoms with Gasteiger partial charge in [0, 0.05) is 29.2 Å². The Morgan fingerprint density at radius 2 is 1.55 bits per heavy atom. The number of carbonyl (C=O) groups excluding carboxylic acids is 1. The third kappa shape index (κ3) is 5.68. The molecular formula is C23H26N4OS. The highest BCUT2D eigenvalue weighted by Gasteiger charge is 2.08. The fraction of sp³-hybridized carbons (Fsp3) is 0.217. The highest BCUT2D eigenvalue weighted by atomic mass is 32.1. The lowest BCUT2D eigenvalue weighted by molar-refractivity contribution is 0.0943. The zero-order chi connectivity index (χ0) is 20.6. The van der Waals surface area contributed by atoms with Crippen LogP contribution >= 0.6 is 12.2 Å². The van der Waals surface area contributed by atoms with Gasteiger partial charge < -0.3 is 9.88 Å². The van der Waals surface area contributed by atoms with Crippen LogP contribution in [0.4, 0.5) is 0 Å². The molecular weight excluding hydrogens is 380 g/mol. The summed E-state index contributed by atoms with van der Waals surface area (Å²) in [6, 6.07) is 22.0. The molecule has 0 aliphatic heterocycles. The summed E-state index contributed by atoms with van der Waals surface area (Å²) >= 11 is 5.22. The van der Waals surface area contributed by atoms with Crippen molar-refractivity contribution >= 4 is 23.2 Å². The maximum atomic E-state index is 12.3. The van der Waals surface area contributed by atoms with E-state index < -0.39 is 0 Å². The van der Waals surface area contributed by atoms with Gasteiger partial charge in [-0.3, -0.25) is 15.6 Å². The van der Waals surface area contributed by atoms with Crippen molar-refractivity contribution in [2.45, 2.75) is 26.7 Å². The molecule has 0 radical (unpaired) electrons. The maximum Gasteiger partial charge on any atom is 0.269 e. The van der Waals surface area contributed by atoms with Crippen LogP contribution in [0.25, 0.3) is 5.69 Å². The standard InChI is InChI=1S/C23H26N4OS/c1-17-10-11-18(2)27(17)21-14-12-20(13-15-21)22(28)25-26-23(29)24-16-6-9-19-7-4-3-5-8-19/h3-5,7-8,10-15H,6,9,16H2,1-2H3,(H,25,28)(H2,24,26,29). The summed E-state index contributed by atoms with van der Waals surface area (Å²) in [5.41, 5.74) is 10.6. The van der Waals surface area contributed by atoms with Crippen molar-refractivity contribution in [3.8, 4) is 5.69 Å². The molecule has 0 fully saturated rings. The third-order valence-corrected chi connectivity index (χ3v) is 4.97. The normalized spacial score (nSPS) is 10.4. The van der Waals surface area contributed by atoms with Crippen LogP contribution in [-0.2, 0) is 6.42 Å². The van der Waals surface area contributed by atoms with E-state index in [2.05, 4.69) is 58.8 Å². The van der Waals surface area contributed by atoms with Crippen molar-refractivity contribution < 1.29 is 4.79 Å². The van der Waals surface area contributed by atoms with Gasteiger partial charge in [0.25, 0.3) is 5.91 Å². The quantitative estimate of drug-likeness (QED) is 0.331. The average Bonchev–Trinajstić information content (AvgIpc) is 3.08. The molecule has 1 heterocycles. The van der Waals surface area contributed by atoms with Gasteiger partial charge in [-0.15, -0.1) is 0 Å². The molecule has 0 saturated heterocycles. The number of hydrogen-bond donors (Lipinski definition) is 3. The van der Waals surface area contributed by atoms with Gasteiger partial charge >= 0.3 is 0 Å². The lowest BCUT2D eigenvalue weighted by Crippen LogP contribution is -2.47. The van der Waals surface area contributed by atoms with E-state index in [1.165, 1.54) is 5.56 Å². The summed E-state index contributed by atoms with van der Waals surface area (Å²) in [6.07, 6.45) is 1.94. The number of rotatable bonds is 6. The summed E-state index contributed by atoms with van der Waals surface area (Å²) < 4.78 is 2.15. The van der Waals surface area contributed by atoms with E-state index >= 15 is 0 Å². The van der Waals surface area contributed by atoms with Crippen molar-refractivity contribution in [3.63, 3.8) is 0 Å².